The summed E-state index contributed by atoms with van der Waals surface area (Å²) in [6.45, 7) is 3.27. The van der Waals surface area contributed by atoms with E-state index in [0.717, 1.165) is 0 Å². The minimum absolute atomic E-state index is 0.0289. The van der Waals surface area contributed by atoms with Crippen molar-refractivity contribution in [3.63, 3.8) is 0 Å². The molecule has 196 valence electrons. The Morgan fingerprint density at radius 2 is 1.47 bits per heavy atom. The standard InChI is InChI=1S/C20H39N7O6S/c1-11(2)9-15(19(32)33)27-18(31)14(6-8-34-3)26-17(30)13(5-4-7-24-20(22)23)25-16(29)12(21)10-28/h11-15,28H,4-10,21H2,1-3H3,(H,25,29)(H,26,30)(H,27,31)(H,32,33)(H4,22,23,24). The molecular weight excluding hydrogens is 466 g/mol. The van der Waals surface area contributed by atoms with Crippen molar-refractivity contribution in [3.05, 3.63) is 0 Å². The molecule has 0 saturated heterocycles. The summed E-state index contributed by atoms with van der Waals surface area (Å²) in [4.78, 5) is 53.3. The maximum Gasteiger partial charge on any atom is 0.326 e. The predicted octanol–water partition coefficient (Wildman–Crippen LogP) is -2.30. The average molecular weight is 506 g/mol. The molecule has 0 bridgehead atoms. The second kappa shape index (κ2) is 16.9. The summed E-state index contributed by atoms with van der Waals surface area (Å²) in [7, 11) is 0. The predicted molar refractivity (Wildman–Crippen MR) is 131 cm³/mol. The molecule has 0 aromatic carbocycles. The van der Waals surface area contributed by atoms with Crippen LogP contribution in [-0.4, -0.2) is 89.2 Å². The third kappa shape index (κ3) is 13.2. The monoisotopic (exact) mass is 505 g/mol. The number of amides is 3. The van der Waals surface area contributed by atoms with Gasteiger partial charge in [-0.2, -0.15) is 11.8 Å². The molecule has 0 aliphatic rings. The zero-order valence-electron chi connectivity index (χ0n) is 20.0. The molecule has 3 amide bonds. The van der Waals surface area contributed by atoms with Gasteiger partial charge >= 0.3 is 5.97 Å². The number of carboxylic acids is 1. The number of aliphatic carboxylic acids is 1. The SMILES string of the molecule is CSCCC(NC(=O)C(CCCN=C(N)N)NC(=O)C(N)CO)C(=O)NC(CC(C)C)C(=O)O. The van der Waals surface area contributed by atoms with Crippen LogP contribution in [0.4, 0.5) is 0 Å². The number of hydrogen-bond donors (Lipinski definition) is 8. The number of nitrogens with one attached hydrogen (secondary N) is 3. The molecule has 0 spiro atoms. The zero-order valence-corrected chi connectivity index (χ0v) is 20.8. The summed E-state index contributed by atoms with van der Waals surface area (Å²) in [6.07, 6.45) is 2.78. The van der Waals surface area contributed by atoms with Gasteiger partial charge in [0.25, 0.3) is 0 Å². The average Bonchev–Trinajstić information content (AvgIpc) is 2.76. The van der Waals surface area contributed by atoms with Crippen LogP contribution in [0.2, 0.25) is 0 Å². The summed E-state index contributed by atoms with van der Waals surface area (Å²) in [5, 5.41) is 26.1. The normalized spacial score (nSPS) is 14.4. The molecule has 0 aromatic rings. The van der Waals surface area contributed by atoms with Crippen molar-refractivity contribution in [1.29, 1.82) is 0 Å². The van der Waals surface area contributed by atoms with Crippen molar-refractivity contribution < 1.29 is 29.4 Å². The van der Waals surface area contributed by atoms with Crippen LogP contribution in [0.25, 0.3) is 0 Å². The largest absolute Gasteiger partial charge is 0.480 e. The van der Waals surface area contributed by atoms with Crippen LogP contribution in [0, 0.1) is 5.92 Å². The molecule has 34 heavy (non-hydrogen) atoms. The van der Waals surface area contributed by atoms with E-state index in [0.29, 0.717) is 12.2 Å². The first-order valence-electron chi connectivity index (χ1n) is 11.0. The van der Waals surface area contributed by atoms with E-state index in [1.165, 1.54) is 11.8 Å². The van der Waals surface area contributed by atoms with E-state index < -0.39 is 54.5 Å². The lowest BCUT2D eigenvalue weighted by Gasteiger charge is -2.25. The van der Waals surface area contributed by atoms with E-state index in [1.807, 2.05) is 20.1 Å². The lowest BCUT2D eigenvalue weighted by atomic mass is 10.0. The number of carbonyl (C=O) groups is 4. The molecule has 11 N–H and O–H groups in total. The number of thioether (sulfide) groups is 1. The minimum Gasteiger partial charge on any atom is -0.480 e. The summed E-state index contributed by atoms with van der Waals surface area (Å²) < 4.78 is 0. The fourth-order valence-corrected chi connectivity index (χ4v) is 3.35. The van der Waals surface area contributed by atoms with Gasteiger partial charge in [-0.15, -0.1) is 0 Å². The lowest BCUT2D eigenvalue weighted by Crippen LogP contribution is -2.57. The van der Waals surface area contributed by atoms with Gasteiger partial charge in [-0.1, -0.05) is 13.8 Å². The van der Waals surface area contributed by atoms with Crippen LogP contribution < -0.4 is 33.2 Å². The van der Waals surface area contributed by atoms with Gasteiger partial charge in [0.1, 0.15) is 24.2 Å². The van der Waals surface area contributed by atoms with Crippen molar-refractivity contribution in [2.75, 3.05) is 25.2 Å². The maximum atomic E-state index is 13.0. The molecule has 0 saturated carbocycles. The van der Waals surface area contributed by atoms with E-state index in [4.69, 9.17) is 22.3 Å². The molecule has 0 fully saturated rings. The third-order valence-electron chi connectivity index (χ3n) is 4.68. The number of rotatable bonds is 17. The molecule has 14 heteroatoms. The van der Waals surface area contributed by atoms with E-state index in [2.05, 4.69) is 20.9 Å². The second-order valence-corrected chi connectivity index (χ2v) is 9.16. The van der Waals surface area contributed by atoms with Gasteiger partial charge in [-0.25, -0.2) is 4.79 Å². The molecular formula is C20H39N7O6S. The number of aliphatic imine (C=N–C) groups is 1. The molecule has 13 nitrogen and oxygen atoms in total. The number of nitrogens with zero attached hydrogens (tertiary/aromatic N) is 1. The third-order valence-corrected chi connectivity index (χ3v) is 5.32. The highest BCUT2D eigenvalue weighted by atomic mass is 32.2. The molecule has 0 radical (unpaired) electrons. The number of aliphatic hydroxyl groups is 1. The lowest BCUT2D eigenvalue weighted by molar-refractivity contribution is -0.142. The summed E-state index contributed by atoms with van der Waals surface area (Å²) in [5.41, 5.74) is 16.1. The number of nitrogens with two attached hydrogens (primary N) is 3. The van der Waals surface area contributed by atoms with Gasteiger partial charge in [-0.3, -0.25) is 19.4 Å². The molecule has 0 rings (SSSR count). The van der Waals surface area contributed by atoms with Crippen LogP contribution in [0.1, 0.15) is 39.5 Å². The Hall–Kier alpha value is -2.58. The molecule has 0 aromatic heterocycles. The minimum atomic E-state index is -1.23. The first kappa shape index (κ1) is 31.4. The van der Waals surface area contributed by atoms with Crippen LogP contribution in [0.5, 0.6) is 0 Å². The highest BCUT2D eigenvalue weighted by Crippen LogP contribution is 2.08. The van der Waals surface area contributed by atoms with Gasteiger partial charge < -0.3 is 43.4 Å². The van der Waals surface area contributed by atoms with Gasteiger partial charge in [-0.05, 0) is 43.6 Å². The quantitative estimate of drug-likeness (QED) is 0.0597. The Morgan fingerprint density at radius 1 is 0.941 bits per heavy atom. The number of carboxylic acid groups (broad SMARTS) is 1. The van der Waals surface area contributed by atoms with Crippen LogP contribution in [-0.2, 0) is 19.2 Å². The Morgan fingerprint density at radius 3 is 1.94 bits per heavy atom. The van der Waals surface area contributed by atoms with Gasteiger partial charge in [0, 0.05) is 6.54 Å². The zero-order chi connectivity index (χ0) is 26.3. The van der Waals surface area contributed by atoms with E-state index in [9.17, 15) is 24.3 Å². The highest BCUT2D eigenvalue weighted by molar-refractivity contribution is 7.98. The fourth-order valence-electron chi connectivity index (χ4n) is 2.88. The number of aliphatic hydroxyl groups excluding tert-OH is 1. The van der Waals surface area contributed by atoms with Crippen molar-refractivity contribution in [3.8, 4) is 0 Å². The molecule has 0 heterocycles. The van der Waals surface area contributed by atoms with Crippen LogP contribution in [0.3, 0.4) is 0 Å². The molecule has 4 unspecified atom stereocenters. The Labute approximate surface area is 204 Å². The van der Waals surface area contributed by atoms with E-state index in [-0.39, 0.29) is 37.7 Å². The molecule has 4 atom stereocenters. The molecule has 0 aliphatic carbocycles. The van der Waals surface area contributed by atoms with Crippen molar-refractivity contribution in [2.24, 2.45) is 28.1 Å². The number of guanidine groups is 1. The summed E-state index contributed by atoms with van der Waals surface area (Å²) >= 11 is 1.46. The second-order valence-electron chi connectivity index (χ2n) is 8.17. The topological polar surface area (TPSA) is 235 Å². The first-order chi connectivity index (χ1) is 15.9. The highest BCUT2D eigenvalue weighted by Gasteiger charge is 2.30. The Balaban J connectivity index is 5.49. The van der Waals surface area contributed by atoms with Gasteiger partial charge in [0.15, 0.2) is 5.96 Å². The van der Waals surface area contributed by atoms with Gasteiger partial charge in [0.2, 0.25) is 17.7 Å². The number of carbonyl (C=O) groups excluding carboxylic acids is 3. The van der Waals surface area contributed by atoms with Crippen molar-refractivity contribution >= 4 is 41.4 Å². The summed E-state index contributed by atoms with van der Waals surface area (Å²) in [5.74, 6) is -2.75. The van der Waals surface area contributed by atoms with Crippen LogP contribution >= 0.6 is 11.8 Å². The van der Waals surface area contributed by atoms with Crippen molar-refractivity contribution in [2.45, 2.75) is 63.7 Å². The van der Waals surface area contributed by atoms with Crippen LogP contribution in [0.15, 0.2) is 4.99 Å². The Bertz CT molecular complexity index is 703. The van der Waals surface area contributed by atoms with E-state index >= 15 is 0 Å². The smallest absolute Gasteiger partial charge is 0.326 e. The van der Waals surface area contributed by atoms with E-state index in [1.54, 1.807) is 0 Å². The Kier molecular flexibility index (Phi) is 15.7. The first-order valence-corrected chi connectivity index (χ1v) is 12.4. The van der Waals surface area contributed by atoms with Crippen molar-refractivity contribution in [1.82, 2.24) is 16.0 Å². The van der Waals surface area contributed by atoms with Gasteiger partial charge in [0.05, 0.1) is 6.61 Å². The summed E-state index contributed by atoms with van der Waals surface area (Å²) in [6, 6.07) is -4.41. The molecule has 0 aliphatic heterocycles. The maximum absolute atomic E-state index is 13.0. The number of hydrogen-bond acceptors (Lipinski definition) is 8. The fraction of sp³-hybridized carbons (Fsp3) is 0.750.